The van der Waals surface area contributed by atoms with Gasteiger partial charge < -0.3 is 9.80 Å². The van der Waals surface area contributed by atoms with Crippen molar-refractivity contribution in [2.24, 2.45) is 5.41 Å². The Labute approximate surface area is 166 Å². The Kier molecular flexibility index (Phi) is 5.04. The predicted octanol–water partition coefficient (Wildman–Crippen LogP) is 3.58. The van der Waals surface area contributed by atoms with Gasteiger partial charge in [-0.15, -0.1) is 0 Å². The maximum atomic E-state index is 13.0. The first-order chi connectivity index (χ1) is 13.6. The fourth-order valence-corrected chi connectivity index (χ4v) is 4.73. The van der Waals surface area contributed by atoms with Crippen molar-refractivity contribution in [3.05, 3.63) is 59.8 Å². The number of hydrogen-bond donors (Lipinski definition) is 0. The Balaban J connectivity index is 1.53. The number of carbonyl (C=O) groups excluding carboxylic acids is 1. The molecule has 2 aromatic rings. The van der Waals surface area contributed by atoms with Crippen LogP contribution in [0, 0.1) is 16.7 Å². The number of anilines is 1. The monoisotopic (exact) mass is 374 g/mol. The summed E-state index contributed by atoms with van der Waals surface area (Å²) in [6.45, 7) is 5.51. The highest BCUT2D eigenvalue weighted by Crippen LogP contribution is 2.46. The van der Waals surface area contributed by atoms with Crippen LogP contribution in [0.5, 0.6) is 0 Å². The van der Waals surface area contributed by atoms with E-state index in [9.17, 15) is 4.79 Å². The zero-order valence-electron chi connectivity index (χ0n) is 16.3. The van der Waals surface area contributed by atoms with Gasteiger partial charge in [-0.2, -0.15) is 5.26 Å². The fraction of sp³-hybridized carbons (Fsp3) is 0.435. The van der Waals surface area contributed by atoms with Gasteiger partial charge in [-0.3, -0.25) is 4.79 Å². The van der Waals surface area contributed by atoms with Gasteiger partial charge in [0.1, 0.15) is 5.82 Å². The van der Waals surface area contributed by atoms with Gasteiger partial charge in [-0.1, -0.05) is 30.3 Å². The smallest absolute Gasteiger partial charge is 0.230 e. The lowest BCUT2D eigenvalue weighted by atomic mass is 9.67. The van der Waals surface area contributed by atoms with E-state index < -0.39 is 0 Å². The minimum atomic E-state index is -0.0403. The molecule has 4 rings (SSSR count). The average Bonchev–Trinajstić information content (AvgIpc) is 2.76. The summed E-state index contributed by atoms with van der Waals surface area (Å²) in [5.74, 6) is 1.11. The van der Waals surface area contributed by atoms with E-state index in [4.69, 9.17) is 5.26 Å². The van der Waals surface area contributed by atoms with E-state index in [1.165, 1.54) is 0 Å². The normalized spacial score (nSPS) is 21.6. The molecule has 1 aromatic carbocycles. The third kappa shape index (κ3) is 3.47. The lowest BCUT2D eigenvalue weighted by Crippen LogP contribution is -2.54. The molecule has 0 bridgehead atoms. The van der Waals surface area contributed by atoms with Crippen LogP contribution in [-0.4, -0.2) is 42.0 Å². The Morgan fingerprint density at radius 1 is 1.21 bits per heavy atom. The van der Waals surface area contributed by atoms with Crippen molar-refractivity contribution < 1.29 is 4.79 Å². The number of pyridine rings is 1. The van der Waals surface area contributed by atoms with Crippen LogP contribution < -0.4 is 4.90 Å². The first kappa shape index (κ1) is 18.5. The summed E-state index contributed by atoms with van der Waals surface area (Å²) >= 11 is 0. The second-order valence-electron chi connectivity index (χ2n) is 8.02. The SMILES string of the molecule is CCN1CC2(CCN(c3cc(C#N)ccn3)CC2)CC(c2ccccc2)C1=O. The average molecular weight is 374 g/mol. The van der Waals surface area contributed by atoms with Crippen molar-refractivity contribution in [1.29, 1.82) is 5.26 Å². The number of hydrogen-bond acceptors (Lipinski definition) is 4. The third-order valence-electron chi connectivity index (χ3n) is 6.38. The predicted molar refractivity (Wildman–Crippen MR) is 109 cm³/mol. The molecule has 2 aliphatic heterocycles. The molecule has 2 fully saturated rings. The molecule has 28 heavy (non-hydrogen) atoms. The summed E-state index contributed by atoms with van der Waals surface area (Å²) in [6, 6.07) is 16.0. The van der Waals surface area contributed by atoms with Crippen LogP contribution in [0.25, 0.3) is 0 Å². The van der Waals surface area contributed by atoms with Crippen LogP contribution in [0.1, 0.15) is 43.2 Å². The maximum absolute atomic E-state index is 13.0. The number of amides is 1. The standard InChI is InChI=1S/C23H26N4O/c1-2-26-17-23(15-20(22(26)28)19-6-4-3-5-7-19)9-12-27(13-10-23)21-14-18(16-24)8-11-25-21/h3-8,11,14,20H,2,9-10,12-13,15,17H2,1H3. The van der Waals surface area contributed by atoms with E-state index in [2.05, 4.69) is 35.0 Å². The number of rotatable bonds is 3. The van der Waals surface area contributed by atoms with Crippen molar-refractivity contribution in [3.63, 3.8) is 0 Å². The first-order valence-electron chi connectivity index (χ1n) is 10.1. The van der Waals surface area contributed by atoms with Crippen molar-refractivity contribution in [1.82, 2.24) is 9.88 Å². The summed E-state index contributed by atoms with van der Waals surface area (Å²) in [6.07, 6.45) is 4.71. The van der Waals surface area contributed by atoms with E-state index in [1.807, 2.05) is 29.2 Å². The summed E-state index contributed by atoms with van der Waals surface area (Å²) in [4.78, 5) is 21.8. The quantitative estimate of drug-likeness (QED) is 0.824. The van der Waals surface area contributed by atoms with Crippen molar-refractivity contribution in [3.8, 4) is 6.07 Å². The Morgan fingerprint density at radius 2 is 1.96 bits per heavy atom. The number of piperidine rings is 2. The lowest BCUT2D eigenvalue weighted by molar-refractivity contribution is -0.140. The number of likely N-dealkylation sites (N-methyl/N-ethyl adjacent to an activating group) is 1. The molecule has 2 saturated heterocycles. The molecular weight excluding hydrogens is 348 g/mol. The minimum absolute atomic E-state index is 0.0403. The maximum Gasteiger partial charge on any atom is 0.230 e. The van der Waals surface area contributed by atoms with Gasteiger partial charge in [-0.05, 0) is 49.3 Å². The van der Waals surface area contributed by atoms with E-state index in [1.54, 1.807) is 12.3 Å². The highest BCUT2D eigenvalue weighted by Gasteiger charge is 2.45. The van der Waals surface area contributed by atoms with E-state index in [-0.39, 0.29) is 17.2 Å². The molecule has 0 radical (unpaired) electrons. The highest BCUT2D eigenvalue weighted by atomic mass is 16.2. The van der Waals surface area contributed by atoms with Crippen LogP contribution >= 0.6 is 0 Å². The highest BCUT2D eigenvalue weighted by molar-refractivity contribution is 5.84. The van der Waals surface area contributed by atoms with E-state index >= 15 is 0 Å². The number of aromatic nitrogens is 1. The van der Waals surface area contributed by atoms with Gasteiger partial charge in [-0.25, -0.2) is 4.98 Å². The zero-order chi connectivity index (χ0) is 19.6. The van der Waals surface area contributed by atoms with Gasteiger partial charge in [0, 0.05) is 32.4 Å². The second-order valence-corrected chi connectivity index (χ2v) is 8.02. The molecule has 0 saturated carbocycles. The Hall–Kier alpha value is -2.87. The Morgan fingerprint density at radius 3 is 2.64 bits per heavy atom. The molecule has 5 nitrogen and oxygen atoms in total. The molecule has 5 heteroatoms. The van der Waals surface area contributed by atoms with Crippen LogP contribution in [-0.2, 0) is 4.79 Å². The zero-order valence-corrected chi connectivity index (χ0v) is 16.3. The molecule has 1 amide bonds. The molecule has 0 N–H and O–H groups in total. The second kappa shape index (κ2) is 7.63. The van der Waals surface area contributed by atoms with Gasteiger partial charge in [0.2, 0.25) is 5.91 Å². The number of benzene rings is 1. The van der Waals surface area contributed by atoms with E-state index in [0.717, 1.165) is 56.8 Å². The Bertz CT molecular complexity index is 881. The van der Waals surface area contributed by atoms with Crippen molar-refractivity contribution in [2.75, 3.05) is 31.1 Å². The lowest BCUT2D eigenvalue weighted by Gasteiger charge is -2.50. The van der Waals surface area contributed by atoms with Gasteiger partial charge in [0.05, 0.1) is 17.6 Å². The summed E-state index contributed by atoms with van der Waals surface area (Å²) in [5, 5.41) is 9.14. The molecule has 144 valence electrons. The fourth-order valence-electron chi connectivity index (χ4n) is 4.73. The summed E-state index contributed by atoms with van der Waals surface area (Å²) in [7, 11) is 0. The van der Waals surface area contributed by atoms with Crippen LogP contribution in [0.15, 0.2) is 48.7 Å². The molecular formula is C23H26N4O. The molecule has 1 aromatic heterocycles. The van der Waals surface area contributed by atoms with Crippen LogP contribution in [0.3, 0.4) is 0 Å². The molecule has 1 spiro atoms. The van der Waals surface area contributed by atoms with Crippen LogP contribution in [0.4, 0.5) is 5.82 Å². The molecule has 1 unspecified atom stereocenters. The summed E-state index contributed by atoms with van der Waals surface area (Å²) < 4.78 is 0. The van der Waals surface area contributed by atoms with Crippen molar-refractivity contribution >= 4 is 11.7 Å². The third-order valence-corrected chi connectivity index (χ3v) is 6.38. The molecule has 2 aliphatic rings. The summed E-state index contributed by atoms with van der Waals surface area (Å²) in [5.41, 5.74) is 1.94. The number of nitrogens with zero attached hydrogens (tertiary/aromatic N) is 4. The van der Waals surface area contributed by atoms with Crippen LogP contribution in [0.2, 0.25) is 0 Å². The van der Waals surface area contributed by atoms with Gasteiger partial charge in [0.15, 0.2) is 0 Å². The molecule has 0 aliphatic carbocycles. The van der Waals surface area contributed by atoms with E-state index in [0.29, 0.717) is 5.56 Å². The van der Waals surface area contributed by atoms with Gasteiger partial charge in [0.25, 0.3) is 0 Å². The molecule has 3 heterocycles. The molecule has 1 atom stereocenters. The number of nitriles is 1. The van der Waals surface area contributed by atoms with Gasteiger partial charge >= 0.3 is 0 Å². The van der Waals surface area contributed by atoms with Crippen molar-refractivity contribution in [2.45, 2.75) is 32.1 Å². The number of likely N-dealkylation sites (tertiary alicyclic amines) is 1. The largest absolute Gasteiger partial charge is 0.357 e. The topological polar surface area (TPSA) is 60.2 Å². The number of carbonyl (C=O) groups is 1. The first-order valence-corrected chi connectivity index (χ1v) is 10.1. The minimum Gasteiger partial charge on any atom is -0.357 e.